The smallest absolute Gasteiger partial charge is 0.416 e. The molecule has 3 rings (SSSR count). The van der Waals surface area contributed by atoms with Crippen LogP contribution in [0.4, 0.5) is 13.2 Å². The second kappa shape index (κ2) is 11.9. The third kappa shape index (κ3) is 6.66. The Morgan fingerprint density at radius 2 is 1.81 bits per heavy atom. The molecule has 0 bridgehead atoms. The van der Waals surface area contributed by atoms with E-state index in [0.717, 1.165) is 11.0 Å². The van der Waals surface area contributed by atoms with Crippen LogP contribution in [0.25, 0.3) is 0 Å². The Bertz CT molecular complexity index is 1150. The summed E-state index contributed by atoms with van der Waals surface area (Å²) in [4.78, 5) is 52.0. The lowest BCUT2D eigenvalue weighted by Crippen LogP contribution is -2.53. The molecule has 2 N–H and O–H groups in total. The largest absolute Gasteiger partial charge is 0.496 e. The van der Waals surface area contributed by atoms with Gasteiger partial charge in [-0.2, -0.15) is 13.2 Å². The van der Waals surface area contributed by atoms with Gasteiger partial charge in [-0.25, -0.2) is 0 Å². The predicted octanol–water partition coefficient (Wildman–Crippen LogP) is 2.64. The summed E-state index contributed by atoms with van der Waals surface area (Å²) >= 11 is 0. The zero-order valence-electron chi connectivity index (χ0n) is 20.4. The minimum absolute atomic E-state index is 0.0218. The molecule has 0 radical (unpaired) electrons. The number of carbonyl (C=O) groups excluding carboxylic acids is 4. The van der Waals surface area contributed by atoms with Crippen LogP contribution in [-0.4, -0.2) is 54.1 Å². The SMILES string of the molecule is CCNC(=O)C(=O)C(Cc1ccccc1)NC(=O)C1CCC(=O)N1Cc1c(OC)cccc1C(F)(F)F. The van der Waals surface area contributed by atoms with Gasteiger partial charge in [0.05, 0.1) is 19.2 Å². The van der Waals surface area contributed by atoms with Gasteiger partial charge in [0.1, 0.15) is 17.8 Å². The molecule has 8 nitrogen and oxygen atoms in total. The van der Waals surface area contributed by atoms with E-state index in [1.54, 1.807) is 37.3 Å². The lowest BCUT2D eigenvalue weighted by molar-refractivity contribution is -0.142. The van der Waals surface area contributed by atoms with Gasteiger partial charge in [-0.05, 0) is 31.0 Å². The van der Waals surface area contributed by atoms with Crippen LogP contribution in [0.3, 0.4) is 0 Å². The normalized spacial score (nSPS) is 16.3. The van der Waals surface area contributed by atoms with Crippen molar-refractivity contribution >= 4 is 23.5 Å². The molecule has 1 aliphatic rings. The van der Waals surface area contributed by atoms with E-state index in [1.807, 2.05) is 0 Å². The van der Waals surface area contributed by atoms with Crippen molar-refractivity contribution in [2.75, 3.05) is 13.7 Å². The lowest BCUT2D eigenvalue weighted by atomic mass is 10.0. The Hall–Kier alpha value is -3.89. The molecule has 11 heteroatoms. The molecule has 0 aromatic heterocycles. The molecule has 0 saturated carbocycles. The minimum Gasteiger partial charge on any atom is -0.496 e. The Kier molecular flexibility index (Phi) is 8.90. The fraction of sp³-hybridized carbons (Fsp3) is 0.385. The first kappa shape index (κ1) is 27.7. The van der Waals surface area contributed by atoms with Crippen molar-refractivity contribution in [1.82, 2.24) is 15.5 Å². The van der Waals surface area contributed by atoms with Crippen molar-refractivity contribution in [2.24, 2.45) is 0 Å². The maximum Gasteiger partial charge on any atom is 0.416 e. The van der Waals surface area contributed by atoms with E-state index >= 15 is 0 Å². The highest BCUT2D eigenvalue weighted by Crippen LogP contribution is 2.37. The minimum atomic E-state index is -4.70. The Balaban J connectivity index is 1.87. The summed E-state index contributed by atoms with van der Waals surface area (Å²) in [5, 5.41) is 4.97. The average Bonchev–Trinajstić information content (AvgIpc) is 3.23. The summed E-state index contributed by atoms with van der Waals surface area (Å²) in [6, 6.07) is 9.80. The summed E-state index contributed by atoms with van der Waals surface area (Å²) in [5.41, 5.74) is -0.558. The van der Waals surface area contributed by atoms with Crippen molar-refractivity contribution in [3.05, 3.63) is 65.2 Å². The number of ether oxygens (including phenoxy) is 1. The Morgan fingerprint density at radius 1 is 1.11 bits per heavy atom. The lowest BCUT2D eigenvalue weighted by Gasteiger charge is -2.28. The van der Waals surface area contributed by atoms with Gasteiger partial charge in [0, 0.05) is 24.9 Å². The zero-order valence-corrected chi connectivity index (χ0v) is 20.4. The number of hydrogen-bond donors (Lipinski definition) is 2. The molecule has 1 aliphatic heterocycles. The van der Waals surface area contributed by atoms with Crippen molar-refractivity contribution < 1.29 is 37.1 Å². The van der Waals surface area contributed by atoms with Gasteiger partial charge in [0.15, 0.2) is 0 Å². The monoisotopic (exact) mass is 519 g/mol. The quantitative estimate of drug-likeness (QED) is 0.470. The fourth-order valence-corrected chi connectivity index (χ4v) is 4.29. The number of carbonyl (C=O) groups is 4. The number of likely N-dealkylation sites (N-methyl/N-ethyl adjacent to an activating group) is 1. The van der Waals surface area contributed by atoms with Crippen LogP contribution in [0, 0.1) is 0 Å². The summed E-state index contributed by atoms with van der Waals surface area (Å²) < 4.78 is 46.2. The topological polar surface area (TPSA) is 105 Å². The molecule has 37 heavy (non-hydrogen) atoms. The highest BCUT2D eigenvalue weighted by atomic mass is 19.4. The van der Waals surface area contributed by atoms with Crippen LogP contribution in [0.15, 0.2) is 48.5 Å². The van der Waals surface area contributed by atoms with E-state index in [0.29, 0.717) is 5.56 Å². The number of likely N-dealkylation sites (tertiary alicyclic amines) is 1. The molecule has 1 saturated heterocycles. The van der Waals surface area contributed by atoms with Crippen LogP contribution in [-0.2, 0) is 38.3 Å². The number of alkyl halides is 3. The first-order valence-corrected chi connectivity index (χ1v) is 11.8. The number of amides is 3. The van der Waals surface area contributed by atoms with Crippen molar-refractivity contribution in [1.29, 1.82) is 0 Å². The number of halogens is 3. The van der Waals surface area contributed by atoms with Crippen LogP contribution < -0.4 is 15.4 Å². The summed E-state index contributed by atoms with van der Waals surface area (Å²) in [6.07, 6.45) is -4.69. The summed E-state index contributed by atoms with van der Waals surface area (Å²) in [7, 11) is 1.22. The molecular formula is C26H28F3N3O5. The molecule has 2 atom stereocenters. The van der Waals surface area contributed by atoms with Crippen LogP contribution in [0.1, 0.15) is 36.5 Å². The van der Waals surface area contributed by atoms with Gasteiger partial charge < -0.3 is 20.3 Å². The number of benzene rings is 2. The van der Waals surface area contributed by atoms with E-state index in [4.69, 9.17) is 4.74 Å². The summed E-state index contributed by atoms with van der Waals surface area (Å²) in [6.45, 7) is 1.34. The number of Topliss-reactive ketones (excluding diaryl/α,β-unsaturated/α-hetero) is 1. The third-order valence-electron chi connectivity index (χ3n) is 6.09. The van der Waals surface area contributed by atoms with Crippen LogP contribution >= 0.6 is 0 Å². The third-order valence-corrected chi connectivity index (χ3v) is 6.09. The molecule has 198 valence electrons. The number of nitrogens with zero attached hydrogens (tertiary/aromatic N) is 1. The molecule has 2 aromatic rings. The van der Waals surface area contributed by atoms with Crippen molar-refractivity contribution in [3.63, 3.8) is 0 Å². The van der Waals surface area contributed by atoms with Crippen LogP contribution in [0.5, 0.6) is 5.75 Å². The van der Waals surface area contributed by atoms with Gasteiger partial charge in [-0.15, -0.1) is 0 Å². The Morgan fingerprint density at radius 3 is 2.43 bits per heavy atom. The molecule has 2 unspecified atom stereocenters. The molecule has 1 fully saturated rings. The first-order valence-electron chi connectivity index (χ1n) is 11.8. The van der Waals surface area contributed by atoms with E-state index < -0.39 is 53.9 Å². The summed E-state index contributed by atoms with van der Waals surface area (Å²) in [5.74, 6) is -3.03. The average molecular weight is 520 g/mol. The molecular weight excluding hydrogens is 491 g/mol. The second-order valence-corrected chi connectivity index (χ2v) is 8.53. The molecule has 0 aliphatic carbocycles. The standard InChI is InChI=1S/C26H28F3N3O5/c1-3-30-25(36)23(34)19(14-16-8-5-4-6-9-16)31-24(35)20-12-13-22(33)32(20)15-17-18(26(27,28)29)10-7-11-21(17)37-2/h4-11,19-20H,3,12-15H2,1-2H3,(H,30,36)(H,31,35). The molecule has 1 heterocycles. The van der Waals surface area contributed by atoms with E-state index in [1.165, 1.54) is 19.2 Å². The van der Waals surface area contributed by atoms with Gasteiger partial charge >= 0.3 is 6.18 Å². The number of nitrogens with one attached hydrogen (secondary N) is 2. The number of hydrogen-bond acceptors (Lipinski definition) is 5. The molecule has 3 amide bonds. The second-order valence-electron chi connectivity index (χ2n) is 8.53. The van der Waals surface area contributed by atoms with E-state index in [-0.39, 0.29) is 37.1 Å². The van der Waals surface area contributed by atoms with Gasteiger partial charge in [-0.3, -0.25) is 19.2 Å². The number of methoxy groups -OCH3 is 1. The highest BCUT2D eigenvalue weighted by molar-refractivity contribution is 6.38. The molecule has 0 spiro atoms. The maximum atomic E-state index is 13.7. The van der Waals surface area contributed by atoms with Gasteiger partial charge in [-0.1, -0.05) is 36.4 Å². The fourth-order valence-electron chi connectivity index (χ4n) is 4.29. The van der Waals surface area contributed by atoms with E-state index in [2.05, 4.69) is 10.6 Å². The Labute approximate surface area is 212 Å². The van der Waals surface area contributed by atoms with E-state index in [9.17, 15) is 32.3 Å². The highest BCUT2D eigenvalue weighted by Gasteiger charge is 2.41. The number of ketones is 1. The molecule has 2 aromatic carbocycles. The zero-order chi connectivity index (χ0) is 27.2. The van der Waals surface area contributed by atoms with Gasteiger partial charge in [0.25, 0.3) is 5.91 Å². The predicted molar refractivity (Wildman–Crippen MR) is 127 cm³/mol. The number of rotatable bonds is 10. The first-order chi connectivity index (χ1) is 17.6. The maximum absolute atomic E-state index is 13.7. The van der Waals surface area contributed by atoms with Crippen molar-refractivity contribution in [2.45, 2.75) is 51.0 Å². The van der Waals surface area contributed by atoms with Gasteiger partial charge in [0.2, 0.25) is 17.6 Å². The van der Waals surface area contributed by atoms with Crippen LogP contribution in [0.2, 0.25) is 0 Å². The van der Waals surface area contributed by atoms with Crippen molar-refractivity contribution in [3.8, 4) is 5.75 Å².